The van der Waals surface area contributed by atoms with Crippen molar-refractivity contribution in [3.05, 3.63) is 35.8 Å². The summed E-state index contributed by atoms with van der Waals surface area (Å²) in [7, 11) is 1.40. The largest absolute Gasteiger partial charge is 0.497 e. The Hall–Kier alpha value is -2.37. The molecule has 0 saturated heterocycles. The van der Waals surface area contributed by atoms with Gasteiger partial charge in [0.2, 0.25) is 0 Å². The second-order valence-electron chi connectivity index (χ2n) is 3.26. The minimum Gasteiger partial charge on any atom is -0.497 e. The van der Waals surface area contributed by atoms with Crippen LogP contribution in [0.2, 0.25) is 0 Å². The molecule has 0 atom stereocenters. The highest BCUT2D eigenvalue weighted by Crippen LogP contribution is 2.26. The second-order valence-corrected chi connectivity index (χ2v) is 3.26. The van der Waals surface area contributed by atoms with E-state index >= 15 is 0 Å². The zero-order chi connectivity index (χ0) is 12.4. The first-order chi connectivity index (χ1) is 8.10. The van der Waals surface area contributed by atoms with E-state index in [0.29, 0.717) is 11.3 Å². The first kappa shape index (κ1) is 11.1. The standard InChI is InChI=1S/C11H8FNO4/c1-16-8-3-6(2-7(12)4-8)10-5-9(11(14)15)13-17-10/h2-5H,1H3,(H,14,15). The van der Waals surface area contributed by atoms with Gasteiger partial charge in [0.25, 0.3) is 0 Å². The lowest BCUT2D eigenvalue weighted by molar-refractivity contribution is 0.0686. The number of carbonyl (C=O) groups is 1. The fraction of sp³-hybridized carbons (Fsp3) is 0.0909. The predicted molar refractivity (Wildman–Crippen MR) is 55.4 cm³/mol. The molecule has 5 nitrogen and oxygen atoms in total. The van der Waals surface area contributed by atoms with E-state index in [2.05, 4.69) is 5.16 Å². The number of hydrogen-bond donors (Lipinski definition) is 1. The van der Waals surface area contributed by atoms with Gasteiger partial charge in [-0.05, 0) is 12.1 Å². The number of hydrogen-bond acceptors (Lipinski definition) is 4. The van der Waals surface area contributed by atoms with Crippen molar-refractivity contribution in [2.45, 2.75) is 0 Å². The van der Waals surface area contributed by atoms with Crippen LogP contribution in [0.4, 0.5) is 4.39 Å². The maximum atomic E-state index is 13.2. The molecule has 0 aliphatic rings. The van der Waals surface area contributed by atoms with Gasteiger partial charge in [0.05, 0.1) is 7.11 Å². The molecule has 0 amide bonds. The molecule has 2 aromatic rings. The predicted octanol–water partition coefficient (Wildman–Crippen LogP) is 2.19. The van der Waals surface area contributed by atoms with Crippen molar-refractivity contribution in [2.24, 2.45) is 0 Å². The fourth-order valence-electron chi connectivity index (χ4n) is 1.33. The third-order valence-electron chi connectivity index (χ3n) is 2.12. The number of halogens is 1. The molecule has 2 rings (SSSR count). The lowest BCUT2D eigenvalue weighted by Crippen LogP contribution is -1.94. The Morgan fingerprint density at radius 2 is 2.18 bits per heavy atom. The quantitative estimate of drug-likeness (QED) is 0.885. The lowest BCUT2D eigenvalue weighted by atomic mass is 10.1. The molecule has 0 spiro atoms. The normalized spacial score (nSPS) is 10.2. The number of carboxylic acids is 1. The van der Waals surface area contributed by atoms with Crippen molar-refractivity contribution in [3.63, 3.8) is 0 Å². The molecule has 88 valence electrons. The third kappa shape index (κ3) is 2.25. The van der Waals surface area contributed by atoms with Gasteiger partial charge in [-0.3, -0.25) is 0 Å². The van der Waals surface area contributed by atoms with Crippen LogP contribution in [0.3, 0.4) is 0 Å². The topological polar surface area (TPSA) is 72.6 Å². The van der Waals surface area contributed by atoms with Crippen molar-refractivity contribution >= 4 is 5.97 Å². The molecule has 1 aromatic heterocycles. The van der Waals surface area contributed by atoms with E-state index in [9.17, 15) is 9.18 Å². The van der Waals surface area contributed by atoms with Crippen molar-refractivity contribution in [3.8, 4) is 17.1 Å². The third-order valence-corrected chi connectivity index (χ3v) is 2.12. The van der Waals surface area contributed by atoms with Crippen molar-refractivity contribution < 1.29 is 23.6 Å². The number of nitrogens with zero attached hydrogens (tertiary/aromatic N) is 1. The molecule has 0 aliphatic carbocycles. The van der Waals surface area contributed by atoms with Crippen LogP contribution in [-0.2, 0) is 0 Å². The number of benzene rings is 1. The van der Waals surface area contributed by atoms with E-state index in [1.165, 1.54) is 31.4 Å². The minimum absolute atomic E-state index is 0.167. The highest BCUT2D eigenvalue weighted by molar-refractivity contribution is 5.86. The monoisotopic (exact) mass is 237 g/mol. The van der Waals surface area contributed by atoms with Crippen LogP contribution in [0, 0.1) is 5.82 Å². The van der Waals surface area contributed by atoms with E-state index in [-0.39, 0.29) is 11.5 Å². The summed E-state index contributed by atoms with van der Waals surface area (Å²) in [6.07, 6.45) is 0. The van der Waals surface area contributed by atoms with Gasteiger partial charge in [-0.25, -0.2) is 9.18 Å². The number of ether oxygens (including phenoxy) is 1. The molecule has 17 heavy (non-hydrogen) atoms. The average molecular weight is 237 g/mol. The Balaban J connectivity index is 2.44. The molecule has 1 N–H and O–H groups in total. The number of carboxylic acid groups (broad SMARTS) is 1. The molecule has 1 heterocycles. The average Bonchev–Trinajstić information content (AvgIpc) is 2.77. The van der Waals surface area contributed by atoms with Gasteiger partial charge in [0, 0.05) is 17.7 Å². The smallest absolute Gasteiger partial charge is 0.358 e. The van der Waals surface area contributed by atoms with Crippen LogP contribution in [-0.4, -0.2) is 23.3 Å². The summed E-state index contributed by atoms with van der Waals surface area (Å²) in [6, 6.07) is 5.15. The molecular formula is C11H8FNO4. The number of aromatic carboxylic acids is 1. The Bertz CT molecular complexity index is 564. The van der Waals surface area contributed by atoms with Crippen molar-refractivity contribution in [1.82, 2.24) is 5.16 Å². The SMILES string of the molecule is COc1cc(F)cc(-c2cc(C(=O)O)no2)c1. The van der Waals surface area contributed by atoms with Crippen LogP contribution in [0.1, 0.15) is 10.5 Å². The van der Waals surface area contributed by atoms with Gasteiger partial charge in [-0.2, -0.15) is 0 Å². The van der Waals surface area contributed by atoms with Crippen LogP contribution < -0.4 is 4.74 Å². The number of rotatable bonds is 3. The maximum Gasteiger partial charge on any atom is 0.358 e. The summed E-state index contributed by atoms with van der Waals surface area (Å²) in [5, 5.41) is 12.0. The number of methoxy groups -OCH3 is 1. The van der Waals surface area contributed by atoms with Gasteiger partial charge in [0.15, 0.2) is 11.5 Å². The van der Waals surface area contributed by atoms with Gasteiger partial charge >= 0.3 is 5.97 Å². The van der Waals surface area contributed by atoms with Crippen molar-refractivity contribution in [1.29, 1.82) is 0 Å². The Morgan fingerprint density at radius 3 is 2.76 bits per heavy atom. The Labute approximate surface area is 95.4 Å². The molecule has 0 radical (unpaired) electrons. The molecule has 0 unspecified atom stereocenters. The summed E-state index contributed by atoms with van der Waals surface area (Å²) in [5.74, 6) is -1.23. The highest BCUT2D eigenvalue weighted by Gasteiger charge is 2.13. The molecule has 1 aromatic carbocycles. The van der Waals surface area contributed by atoms with E-state index in [4.69, 9.17) is 14.4 Å². The van der Waals surface area contributed by atoms with Gasteiger partial charge in [-0.1, -0.05) is 5.16 Å². The van der Waals surface area contributed by atoms with Gasteiger partial charge < -0.3 is 14.4 Å². The van der Waals surface area contributed by atoms with E-state index < -0.39 is 11.8 Å². The highest BCUT2D eigenvalue weighted by atomic mass is 19.1. The fourth-order valence-corrected chi connectivity index (χ4v) is 1.33. The summed E-state index contributed by atoms with van der Waals surface area (Å²) in [6.45, 7) is 0. The van der Waals surface area contributed by atoms with Crippen LogP contribution in [0.15, 0.2) is 28.8 Å². The van der Waals surface area contributed by atoms with Crippen LogP contribution in [0.25, 0.3) is 11.3 Å². The molecule has 0 bridgehead atoms. The van der Waals surface area contributed by atoms with E-state index in [0.717, 1.165) is 0 Å². The molecule has 6 heteroatoms. The van der Waals surface area contributed by atoms with Crippen LogP contribution in [0.5, 0.6) is 5.75 Å². The van der Waals surface area contributed by atoms with Crippen LogP contribution >= 0.6 is 0 Å². The van der Waals surface area contributed by atoms with Crippen molar-refractivity contribution in [2.75, 3.05) is 7.11 Å². The second kappa shape index (κ2) is 4.25. The van der Waals surface area contributed by atoms with E-state index in [1.807, 2.05) is 0 Å². The first-order valence-corrected chi connectivity index (χ1v) is 4.65. The summed E-state index contributed by atoms with van der Waals surface area (Å²) in [4.78, 5) is 10.6. The molecule has 0 fully saturated rings. The Kier molecular flexibility index (Phi) is 2.78. The summed E-state index contributed by atoms with van der Waals surface area (Å²) in [5.41, 5.74) is 0.130. The zero-order valence-corrected chi connectivity index (χ0v) is 8.81. The van der Waals surface area contributed by atoms with E-state index in [1.54, 1.807) is 0 Å². The minimum atomic E-state index is -1.21. The molecule has 0 aliphatic heterocycles. The summed E-state index contributed by atoms with van der Waals surface area (Å²) < 4.78 is 22.9. The van der Waals surface area contributed by atoms with Gasteiger partial charge in [0.1, 0.15) is 11.6 Å². The number of aromatic nitrogens is 1. The summed E-state index contributed by atoms with van der Waals surface area (Å²) >= 11 is 0. The van der Waals surface area contributed by atoms with Gasteiger partial charge in [-0.15, -0.1) is 0 Å². The zero-order valence-electron chi connectivity index (χ0n) is 8.81. The first-order valence-electron chi connectivity index (χ1n) is 4.65. The Morgan fingerprint density at radius 1 is 1.41 bits per heavy atom. The molecule has 0 saturated carbocycles. The lowest BCUT2D eigenvalue weighted by Gasteiger charge is -2.01. The maximum absolute atomic E-state index is 13.2. The molecular weight excluding hydrogens is 229 g/mol.